The Balaban J connectivity index is 1.56. The van der Waals surface area contributed by atoms with E-state index in [2.05, 4.69) is 35.8 Å². The summed E-state index contributed by atoms with van der Waals surface area (Å²) in [5.41, 5.74) is 6.69. The maximum Gasteiger partial charge on any atom is 0.129 e. The van der Waals surface area contributed by atoms with Gasteiger partial charge in [-0.2, -0.15) is 5.48 Å². The molecule has 1 heterocycles. The number of hydrogen-bond donors (Lipinski definition) is 1. The molecule has 0 fully saturated rings. The molecule has 0 bridgehead atoms. The SMILES string of the molecule is c1ccc(C(ONC2CCOc3ccccc32)c2ccccc2)cc1. The van der Waals surface area contributed by atoms with Gasteiger partial charge < -0.3 is 4.74 Å². The molecule has 25 heavy (non-hydrogen) atoms. The van der Waals surface area contributed by atoms with Gasteiger partial charge in [-0.15, -0.1) is 0 Å². The second kappa shape index (κ2) is 7.51. The average Bonchev–Trinajstić information content (AvgIpc) is 2.70. The smallest absolute Gasteiger partial charge is 0.129 e. The number of rotatable bonds is 5. The molecule has 1 aliphatic rings. The predicted octanol–water partition coefficient (Wildman–Crippen LogP) is 4.82. The fourth-order valence-electron chi connectivity index (χ4n) is 3.20. The first-order valence-electron chi connectivity index (χ1n) is 8.64. The van der Waals surface area contributed by atoms with Crippen LogP contribution in [0.5, 0.6) is 5.75 Å². The Bertz CT molecular complexity index is 765. The summed E-state index contributed by atoms with van der Waals surface area (Å²) < 4.78 is 5.73. The molecule has 1 N–H and O–H groups in total. The number of para-hydroxylation sites is 1. The highest BCUT2D eigenvalue weighted by Crippen LogP contribution is 2.33. The van der Waals surface area contributed by atoms with E-state index in [-0.39, 0.29) is 12.1 Å². The fourth-order valence-corrected chi connectivity index (χ4v) is 3.20. The lowest BCUT2D eigenvalue weighted by molar-refractivity contribution is -0.0338. The van der Waals surface area contributed by atoms with Crippen molar-refractivity contribution in [2.75, 3.05) is 6.61 Å². The highest BCUT2D eigenvalue weighted by atomic mass is 16.7. The van der Waals surface area contributed by atoms with Crippen LogP contribution in [0.2, 0.25) is 0 Å². The molecular weight excluding hydrogens is 310 g/mol. The summed E-state index contributed by atoms with van der Waals surface area (Å²) in [5, 5.41) is 0. The van der Waals surface area contributed by atoms with Crippen LogP contribution in [0, 0.1) is 0 Å². The number of nitrogens with one attached hydrogen (secondary N) is 1. The Morgan fingerprint density at radius 2 is 1.40 bits per heavy atom. The molecule has 0 saturated heterocycles. The largest absolute Gasteiger partial charge is 0.493 e. The Morgan fingerprint density at radius 3 is 2.08 bits per heavy atom. The minimum atomic E-state index is -0.155. The fraction of sp³-hybridized carbons (Fsp3) is 0.182. The van der Waals surface area contributed by atoms with Crippen molar-refractivity contribution in [3.63, 3.8) is 0 Å². The molecular formula is C22H21NO2. The maximum absolute atomic E-state index is 6.21. The van der Waals surface area contributed by atoms with Crippen LogP contribution in [-0.2, 0) is 4.84 Å². The molecule has 0 aliphatic carbocycles. The number of ether oxygens (including phenoxy) is 1. The summed E-state index contributed by atoms with van der Waals surface area (Å²) >= 11 is 0. The van der Waals surface area contributed by atoms with Crippen LogP contribution in [-0.4, -0.2) is 6.61 Å². The lowest BCUT2D eigenvalue weighted by Crippen LogP contribution is -2.29. The number of hydrogen-bond acceptors (Lipinski definition) is 3. The van der Waals surface area contributed by atoms with E-state index in [1.807, 2.05) is 54.6 Å². The highest BCUT2D eigenvalue weighted by Gasteiger charge is 2.23. The molecule has 3 heteroatoms. The first-order valence-corrected chi connectivity index (χ1v) is 8.64. The molecule has 0 saturated carbocycles. The molecule has 0 amide bonds. The van der Waals surface area contributed by atoms with Gasteiger partial charge in [-0.05, 0) is 17.2 Å². The van der Waals surface area contributed by atoms with E-state index in [0.717, 1.165) is 28.9 Å². The van der Waals surface area contributed by atoms with Gasteiger partial charge in [-0.25, -0.2) is 0 Å². The minimum absolute atomic E-state index is 0.125. The molecule has 0 aromatic heterocycles. The summed E-state index contributed by atoms with van der Waals surface area (Å²) in [7, 11) is 0. The second-order valence-electron chi connectivity index (χ2n) is 6.16. The Hall–Kier alpha value is -2.62. The number of hydroxylamine groups is 1. The predicted molar refractivity (Wildman–Crippen MR) is 98.2 cm³/mol. The topological polar surface area (TPSA) is 30.5 Å². The molecule has 0 spiro atoms. The van der Waals surface area contributed by atoms with Crippen molar-refractivity contribution in [3.05, 3.63) is 102 Å². The average molecular weight is 331 g/mol. The minimum Gasteiger partial charge on any atom is -0.493 e. The Labute approximate surface area is 148 Å². The molecule has 126 valence electrons. The molecule has 1 atom stereocenters. The van der Waals surface area contributed by atoms with Crippen LogP contribution in [0.1, 0.15) is 35.3 Å². The van der Waals surface area contributed by atoms with Crippen molar-refractivity contribution >= 4 is 0 Å². The zero-order valence-corrected chi connectivity index (χ0v) is 14.0. The first-order chi connectivity index (χ1) is 12.4. The summed E-state index contributed by atoms with van der Waals surface area (Å²) in [6.07, 6.45) is 0.727. The van der Waals surface area contributed by atoms with Crippen LogP contribution >= 0.6 is 0 Å². The van der Waals surface area contributed by atoms with Crippen LogP contribution in [0.4, 0.5) is 0 Å². The number of benzene rings is 3. The normalized spacial score (nSPS) is 16.3. The van der Waals surface area contributed by atoms with Crippen molar-refractivity contribution in [1.29, 1.82) is 0 Å². The summed E-state index contributed by atoms with van der Waals surface area (Å²) in [6.45, 7) is 0.694. The van der Waals surface area contributed by atoms with Gasteiger partial charge >= 0.3 is 0 Å². The van der Waals surface area contributed by atoms with Gasteiger partial charge in [-0.1, -0.05) is 78.9 Å². The third-order valence-electron chi connectivity index (χ3n) is 4.49. The van der Waals surface area contributed by atoms with Gasteiger partial charge in [0.15, 0.2) is 0 Å². The standard InChI is InChI=1S/C22H21NO2/c1-3-9-17(10-4-1)22(18-11-5-2-6-12-18)25-23-20-15-16-24-21-14-8-7-13-19(20)21/h1-14,20,22-23H,15-16H2. The third kappa shape index (κ3) is 3.58. The van der Waals surface area contributed by atoms with E-state index in [4.69, 9.17) is 9.57 Å². The second-order valence-corrected chi connectivity index (χ2v) is 6.16. The van der Waals surface area contributed by atoms with E-state index < -0.39 is 0 Å². The third-order valence-corrected chi connectivity index (χ3v) is 4.49. The molecule has 1 unspecified atom stereocenters. The Morgan fingerprint density at radius 1 is 0.800 bits per heavy atom. The Kier molecular flexibility index (Phi) is 4.77. The summed E-state index contributed by atoms with van der Waals surface area (Å²) in [5.74, 6) is 0.936. The lowest BCUT2D eigenvalue weighted by Gasteiger charge is -2.28. The molecule has 3 aromatic carbocycles. The number of fused-ring (bicyclic) bond motifs is 1. The van der Waals surface area contributed by atoms with E-state index in [1.165, 1.54) is 0 Å². The van der Waals surface area contributed by atoms with Crippen molar-refractivity contribution in [3.8, 4) is 5.75 Å². The van der Waals surface area contributed by atoms with Crippen LogP contribution in [0.3, 0.4) is 0 Å². The van der Waals surface area contributed by atoms with Crippen LogP contribution in [0.25, 0.3) is 0 Å². The van der Waals surface area contributed by atoms with Gasteiger partial charge in [0, 0.05) is 12.0 Å². The zero-order valence-electron chi connectivity index (χ0n) is 14.0. The summed E-state index contributed by atoms with van der Waals surface area (Å²) in [4.78, 5) is 6.21. The van der Waals surface area contributed by atoms with E-state index in [1.54, 1.807) is 0 Å². The van der Waals surface area contributed by atoms with Crippen molar-refractivity contribution in [2.24, 2.45) is 0 Å². The monoisotopic (exact) mass is 331 g/mol. The van der Waals surface area contributed by atoms with Gasteiger partial charge in [0.2, 0.25) is 0 Å². The molecule has 0 radical (unpaired) electrons. The molecule has 4 rings (SSSR count). The molecule has 3 nitrogen and oxygen atoms in total. The van der Waals surface area contributed by atoms with Crippen molar-refractivity contribution in [2.45, 2.75) is 18.6 Å². The van der Waals surface area contributed by atoms with E-state index in [0.29, 0.717) is 6.61 Å². The summed E-state index contributed by atoms with van der Waals surface area (Å²) in [6, 6.07) is 28.8. The molecule has 3 aromatic rings. The van der Waals surface area contributed by atoms with Gasteiger partial charge in [0.25, 0.3) is 0 Å². The highest BCUT2D eigenvalue weighted by molar-refractivity contribution is 5.37. The van der Waals surface area contributed by atoms with Crippen LogP contribution < -0.4 is 10.2 Å². The molecule has 1 aliphatic heterocycles. The van der Waals surface area contributed by atoms with Gasteiger partial charge in [-0.3, -0.25) is 4.84 Å². The van der Waals surface area contributed by atoms with Gasteiger partial charge in [0.05, 0.1) is 12.6 Å². The van der Waals surface area contributed by atoms with Crippen molar-refractivity contribution < 1.29 is 9.57 Å². The van der Waals surface area contributed by atoms with Gasteiger partial charge in [0.1, 0.15) is 11.9 Å². The van der Waals surface area contributed by atoms with E-state index in [9.17, 15) is 0 Å². The van der Waals surface area contributed by atoms with Crippen molar-refractivity contribution in [1.82, 2.24) is 5.48 Å². The van der Waals surface area contributed by atoms with E-state index >= 15 is 0 Å². The maximum atomic E-state index is 6.21. The zero-order chi connectivity index (χ0) is 16.9. The first kappa shape index (κ1) is 15.9. The van der Waals surface area contributed by atoms with Crippen LogP contribution in [0.15, 0.2) is 84.9 Å². The quantitative estimate of drug-likeness (QED) is 0.680. The lowest BCUT2D eigenvalue weighted by atomic mass is 10.0.